The maximum absolute atomic E-state index is 6.37. The number of furan rings is 1. The maximum Gasteiger partial charge on any atom is 0.235 e. The largest absolute Gasteiger partial charge is 0.456 e. The fraction of sp³-hybridized carbons (Fsp3) is 0. The predicted octanol–water partition coefficient (Wildman–Crippen LogP) is 13.7. The van der Waals surface area contributed by atoms with Crippen LogP contribution in [-0.2, 0) is 0 Å². The molecule has 4 aromatic heterocycles. The van der Waals surface area contributed by atoms with E-state index in [0.717, 1.165) is 66.2 Å². The van der Waals surface area contributed by atoms with Gasteiger partial charge in [-0.2, -0.15) is 0 Å². The van der Waals surface area contributed by atoms with Gasteiger partial charge in [0.05, 0.1) is 33.3 Å². The lowest BCUT2D eigenvalue weighted by Crippen LogP contribution is -2.04. The molecule has 0 bridgehead atoms. The van der Waals surface area contributed by atoms with E-state index in [-0.39, 0.29) is 0 Å². The van der Waals surface area contributed by atoms with Gasteiger partial charge in [-0.1, -0.05) is 127 Å². The zero-order valence-electron chi connectivity index (χ0n) is 30.5. The van der Waals surface area contributed by atoms with Gasteiger partial charge in [-0.05, 0) is 76.1 Å². The number of hydrogen-bond donors (Lipinski definition) is 0. The molecule has 264 valence electrons. The molecule has 5 nitrogen and oxygen atoms in total. The summed E-state index contributed by atoms with van der Waals surface area (Å²) in [7, 11) is 0. The van der Waals surface area contributed by atoms with Crippen molar-refractivity contribution in [3.8, 4) is 22.9 Å². The van der Waals surface area contributed by atoms with Gasteiger partial charge in [-0.25, -0.2) is 9.97 Å². The summed E-state index contributed by atoms with van der Waals surface area (Å²) in [6.07, 6.45) is 0. The predicted molar refractivity (Wildman–Crippen MR) is 236 cm³/mol. The van der Waals surface area contributed by atoms with Gasteiger partial charge in [0.25, 0.3) is 0 Å². The minimum absolute atomic E-state index is 0.619. The van der Waals surface area contributed by atoms with E-state index in [1.807, 2.05) is 12.1 Å². The smallest absolute Gasteiger partial charge is 0.235 e. The SMILES string of the molecule is c1ccc2c(c1)ccc1c2c2ccccc2n1-c1ccc2c3c4ccccc4ccc3n(-c3nc(-c4ccc5c(c4)oc4ccccc45)c4ccccc4n3)c2c1. The quantitative estimate of drug-likeness (QED) is 0.182. The van der Waals surface area contributed by atoms with Crippen molar-refractivity contribution in [3.05, 3.63) is 182 Å². The van der Waals surface area contributed by atoms with Crippen LogP contribution in [0.5, 0.6) is 0 Å². The van der Waals surface area contributed by atoms with Crippen LogP contribution in [0.15, 0.2) is 186 Å². The number of nitrogens with zero attached hydrogens (tertiary/aromatic N) is 4. The number of rotatable bonds is 3. The minimum atomic E-state index is 0.619. The van der Waals surface area contributed by atoms with E-state index in [9.17, 15) is 0 Å². The Hall–Kier alpha value is -7.76. The van der Waals surface area contributed by atoms with Crippen LogP contribution >= 0.6 is 0 Å². The highest BCUT2D eigenvalue weighted by atomic mass is 16.3. The van der Waals surface area contributed by atoms with Crippen LogP contribution in [0.1, 0.15) is 0 Å². The molecule has 5 heteroatoms. The lowest BCUT2D eigenvalue weighted by Gasteiger charge is -2.13. The highest BCUT2D eigenvalue weighted by molar-refractivity contribution is 6.23. The van der Waals surface area contributed by atoms with Gasteiger partial charge in [-0.15, -0.1) is 0 Å². The van der Waals surface area contributed by atoms with Crippen LogP contribution < -0.4 is 0 Å². The third-order valence-corrected chi connectivity index (χ3v) is 11.9. The molecule has 0 spiro atoms. The van der Waals surface area contributed by atoms with Crippen LogP contribution in [0, 0.1) is 0 Å². The highest BCUT2D eigenvalue weighted by Crippen LogP contribution is 2.42. The molecule has 0 saturated carbocycles. The second-order valence-electron chi connectivity index (χ2n) is 14.9. The summed E-state index contributed by atoms with van der Waals surface area (Å²) in [6, 6.07) is 64.8. The topological polar surface area (TPSA) is 48.8 Å². The molecule has 0 aliphatic heterocycles. The van der Waals surface area contributed by atoms with Crippen molar-refractivity contribution in [2.45, 2.75) is 0 Å². The number of hydrogen-bond acceptors (Lipinski definition) is 3. The maximum atomic E-state index is 6.37. The fourth-order valence-electron chi connectivity index (χ4n) is 9.41. The molecule has 0 N–H and O–H groups in total. The molecular formula is C52H30N4O. The summed E-state index contributed by atoms with van der Waals surface area (Å²) in [4.78, 5) is 10.8. The van der Waals surface area contributed by atoms with Crippen molar-refractivity contribution in [1.82, 2.24) is 19.1 Å². The molecule has 0 unspecified atom stereocenters. The van der Waals surface area contributed by atoms with Crippen LogP contribution in [-0.4, -0.2) is 19.1 Å². The first-order valence-electron chi connectivity index (χ1n) is 19.3. The molecule has 0 radical (unpaired) electrons. The standard InChI is InChI=1S/C52H30N4O/c1-3-13-35-31(11-1)22-27-44-49(35)40-17-6-9-19-43(40)55(44)34-24-26-41-46(30-34)56(45-28-23-32-12-2-4-14-36(32)50(41)45)52-53-42-18-8-5-16-39(42)51(54-52)33-21-25-38-37-15-7-10-20-47(37)57-48(38)29-33/h1-30H. The molecule has 13 rings (SSSR count). The van der Waals surface area contributed by atoms with E-state index in [1.165, 1.54) is 48.7 Å². The second kappa shape index (κ2) is 11.4. The second-order valence-corrected chi connectivity index (χ2v) is 14.9. The van der Waals surface area contributed by atoms with E-state index >= 15 is 0 Å². The Morgan fingerprint density at radius 2 is 0.965 bits per heavy atom. The van der Waals surface area contributed by atoms with Gasteiger partial charge in [0.15, 0.2) is 0 Å². The van der Waals surface area contributed by atoms with Crippen molar-refractivity contribution in [3.63, 3.8) is 0 Å². The Kier molecular flexibility index (Phi) is 6.10. The molecule has 0 aliphatic carbocycles. The zero-order valence-corrected chi connectivity index (χ0v) is 30.5. The lowest BCUT2D eigenvalue weighted by molar-refractivity contribution is 0.669. The molecule has 0 fully saturated rings. The average Bonchev–Trinajstić information content (AvgIpc) is 3.93. The minimum Gasteiger partial charge on any atom is -0.456 e. The third-order valence-electron chi connectivity index (χ3n) is 11.9. The highest BCUT2D eigenvalue weighted by Gasteiger charge is 2.22. The zero-order chi connectivity index (χ0) is 37.2. The number of fused-ring (bicyclic) bond motifs is 14. The number of benzene rings is 9. The molecule has 0 atom stereocenters. The van der Waals surface area contributed by atoms with Crippen molar-refractivity contribution in [2.75, 3.05) is 0 Å². The lowest BCUT2D eigenvalue weighted by atomic mass is 10.0. The monoisotopic (exact) mass is 726 g/mol. The summed E-state index contributed by atoms with van der Waals surface area (Å²) in [6.45, 7) is 0. The summed E-state index contributed by atoms with van der Waals surface area (Å²) >= 11 is 0. The van der Waals surface area contributed by atoms with Crippen LogP contribution in [0.4, 0.5) is 0 Å². The van der Waals surface area contributed by atoms with Crippen LogP contribution in [0.2, 0.25) is 0 Å². The van der Waals surface area contributed by atoms with Gasteiger partial charge in [0.1, 0.15) is 11.2 Å². The number of aromatic nitrogens is 4. The molecule has 0 amide bonds. The Morgan fingerprint density at radius 1 is 0.368 bits per heavy atom. The van der Waals surface area contributed by atoms with Gasteiger partial charge >= 0.3 is 0 Å². The summed E-state index contributed by atoms with van der Waals surface area (Å²) in [5.41, 5.74) is 9.95. The van der Waals surface area contributed by atoms with E-state index in [1.54, 1.807) is 0 Å². The first-order chi connectivity index (χ1) is 28.3. The van der Waals surface area contributed by atoms with Gasteiger partial charge in [0, 0.05) is 49.0 Å². The molecule has 0 aliphatic rings. The molecule has 4 heterocycles. The fourth-order valence-corrected chi connectivity index (χ4v) is 9.41. The molecule has 9 aromatic carbocycles. The first-order valence-corrected chi connectivity index (χ1v) is 19.3. The summed E-state index contributed by atoms with van der Waals surface area (Å²) in [5.74, 6) is 0.619. The molecule has 57 heavy (non-hydrogen) atoms. The van der Waals surface area contributed by atoms with E-state index in [4.69, 9.17) is 14.4 Å². The van der Waals surface area contributed by atoms with Crippen molar-refractivity contribution >= 4 is 98.0 Å². The van der Waals surface area contributed by atoms with Crippen LogP contribution in [0.25, 0.3) is 121 Å². The Morgan fingerprint density at radius 3 is 1.75 bits per heavy atom. The molecule has 0 saturated heterocycles. The van der Waals surface area contributed by atoms with Crippen molar-refractivity contribution in [2.24, 2.45) is 0 Å². The van der Waals surface area contributed by atoms with Crippen LogP contribution in [0.3, 0.4) is 0 Å². The van der Waals surface area contributed by atoms with E-state index < -0.39 is 0 Å². The first kappa shape index (κ1) is 30.6. The van der Waals surface area contributed by atoms with E-state index in [0.29, 0.717) is 5.95 Å². The van der Waals surface area contributed by atoms with Gasteiger partial charge < -0.3 is 8.98 Å². The van der Waals surface area contributed by atoms with Gasteiger partial charge in [-0.3, -0.25) is 4.57 Å². The number of para-hydroxylation sites is 3. The molecule has 13 aromatic rings. The molecular weight excluding hydrogens is 697 g/mol. The van der Waals surface area contributed by atoms with Crippen molar-refractivity contribution in [1.29, 1.82) is 0 Å². The average molecular weight is 727 g/mol. The Labute approximate surface area is 325 Å². The summed E-state index contributed by atoms with van der Waals surface area (Å²) < 4.78 is 11.0. The van der Waals surface area contributed by atoms with Gasteiger partial charge in [0.2, 0.25) is 5.95 Å². The third kappa shape index (κ3) is 4.28. The summed E-state index contributed by atoms with van der Waals surface area (Å²) in [5, 5.41) is 12.9. The van der Waals surface area contributed by atoms with Crippen molar-refractivity contribution < 1.29 is 4.42 Å². The Bertz CT molecular complexity index is 3830. The Balaban J connectivity index is 1.12. The normalized spacial score (nSPS) is 12.2. The van der Waals surface area contributed by atoms with E-state index in [2.05, 4.69) is 179 Å².